The molecule has 126 valence electrons. The molecule has 3 aromatic rings. The van der Waals surface area contributed by atoms with E-state index in [4.69, 9.17) is 4.74 Å². The van der Waals surface area contributed by atoms with Crippen LogP contribution in [0.5, 0.6) is 5.75 Å². The highest BCUT2D eigenvalue weighted by Crippen LogP contribution is 2.20. The zero-order chi connectivity index (χ0) is 18.0. The number of Topliss-reactive ketones (excluding diaryl/α,β-unsaturated/α-hetero) is 1. The molecule has 4 heteroatoms. The maximum absolute atomic E-state index is 12.5. The number of aromatic nitrogens is 1. The molecule has 1 aromatic heterocycles. The maximum atomic E-state index is 12.5. The summed E-state index contributed by atoms with van der Waals surface area (Å²) >= 11 is 0. The maximum Gasteiger partial charge on any atom is 0.345 e. The fourth-order valence-electron chi connectivity index (χ4n) is 2.67. The third kappa shape index (κ3) is 3.58. The van der Waals surface area contributed by atoms with Crippen LogP contribution in [0.25, 0.3) is 10.9 Å². The summed E-state index contributed by atoms with van der Waals surface area (Å²) in [5.74, 6) is 0.00665. The molecule has 3 rings (SSSR count). The monoisotopic (exact) mass is 333 g/mol. The minimum Gasteiger partial charge on any atom is -0.423 e. The normalized spacial score (nSPS) is 10.7. The SMILES string of the molecule is CCC(=O)c1ccc(OC(=O)c2cc3cc(C)ccc3nc2C)cc1. The van der Waals surface area contributed by atoms with Gasteiger partial charge in [0.1, 0.15) is 5.75 Å². The highest BCUT2D eigenvalue weighted by Gasteiger charge is 2.14. The lowest BCUT2D eigenvalue weighted by Crippen LogP contribution is -2.11. The number of aryl methyl sites for hydroxylation is 2. The first-order valence-corrected chi connectivity index (χ1v) is 8.21. The average Bonchev–Trinajstić information content (AvgIpc) is 2.61. The second-order valence-corrected chi connectivity index (χ2v) is 6.01. The number of nitrogens with zero attached hydrogens (tertiary/aromatic N) is 1. The predicted octanol–water partition coefficient (Wildman–Crippen LogP) is 4.66. The minimum atomic E-state index is -0.456. The molecular formula is C21H19NO3. The summed E-state index contributed by atoms with van der Waals surface area (Å²) in [4.78, 5) is 28.6. The fraction of sp³-hybridized carbons (Fsp3) is 0.190. The van der Waals surface area contributed by atoms with E-state index in [9.17, 15) is 9.59 Å². The molecule has 0 aliphatic heterocycles. The molecule has 0 aliphatic carbocycles. The van der Waals surface area contributed by atoms with E-state index in [-0.39, 0.29) is 5.78 Å². The Labute approximate surface area is 146 Å². The summed E-state index contributed by atoms with van der Waals surface area (Å²) in [7, 11) is 0. The number of pyridine rings is 1. The van der Waals surface area contributed by atoms with Gasteiger partial charge in [-0.15, -0.1) is 0 Å². The summed E-state index contributed by atoms with van der Waals surface area (Å²) in [6.45, 7) is 5.60. The van der Waals surface area contributed by atoms with Gasteiger partial charge in [0.2, 0.25) is 0 Å². The molecule has 1 heterocycles. The molecule has 0 saturated carbocycles. The Bertz CT molecular complexity index is 959. The lowest BCUT2D eigenvalue weighted by molar-refractivity contribution is 0.0733. The van der Waals surface area contributed by atoms with Gasteiger partial charge in [-0.3, -0.25) is 9.78 Å². The number of hydrogen-bond donors (Lipinski definition) is 0. The smallest absolute Gasteiger partial charge is 0.345 e. The van der Waals surface area contributed by atoms with E-state index in [0.29, 0.717) is 29.0 Å². The number of ketones is 1. The third-order valence-electron chi connectivity index (χ3n) is 4.09. The molecule has 0 amide bonds. The van der Waals surface area contributed by atoms with Crippen molar-refractivity contribution in [3.05, 3.63) is 70.9 Å². The van der Waals surface area contributed by atoms with E-state index < -0.39 is 5.97 Å². The minimum absolute atomic E-state index is 0.0582. The first-order valence-electron chi connectivity index (χ1n) is 8.21. The van der Waals surface area contributed by atoms with Crippen molar-refractivity contribution < 1.29 is 14.3 Å². The molecule has 0 spiro atoms. The van der Waals surface area contributed by atoms with Crippen molar-refractivity contribution in [3.63, 3.8) is 0 Å². The highest BCUT2D eigenvalue weighted by atomic mass is 16.5. The third-order valence-corrected chi connectivity index (χ3v) is 4.09. The Hall–Kier alpha value is -3.01. The molecule has 0 aliphatic rings. The van der Waals surface area contributed by atoms with E-state index in [1.807, 2.05) is 38.1 Å². The Kier molecular flexibility index (Phi) is 4.61. The van der Waals surface area contributed by atoms with Gasteiger partial charge in [0.05, 0.1) is 16.8 Å². The number of rotatable bonds is 4. The van der Waals surface area contributed by atoms with Gasteiger partial charge in [-0.05, 0) is 56.3 Å². The molecular weight excluding hydrogens is 314 g/mol. The van der Waals surface area contributed by atoms with Gasteiger partial charge in [0.25, 0.3) is 0 Å². The van der Waals surface area contributed by atoms with Crippen LogP contribution in [0.15, 0.2) is 48.5 Å². The molecule has 0 saturated heterocycles. The van der Waals surface area contributed by atoms with Crippen LogP contribution in [0.3, 0.4) is 0 Å². The van der Waals surface area contributed by atoms with Crippen molar-refractivity contribution in [2.24, 2.45) is 0 Å². The molecule has 0 atom stereocenters. The van der Waals surface area contributed by atoms with E-state index in [1.165, 1.54) is 0 Å². The van der Waals surface area contributed by atoms with Gasteiger partial charge in [-0.2, -0.15) is 0 Å². The van der Waals surface area contributed by atoms with Crippen LogP contribution in [0.2, 0.25) is 0 Å². The number of esters is 1. The van der Waals surface area contributed by atoms with Gasteiger partial charge >= 0.3 is 5.97 Å². The van der Waals surface area contributed by atoms with Crippen molar-refractivity contribution in [2.45, 2.75) is 27.2 Å². The first-order chi connectivity index (χ1) is 12.0. The molecule has 0 bridgehead atoms. The zero-order valence-corrected chi connectivity index (χ0v) is 14.5. The number of carbonyl (C=O) groups excluding carboxylic acids is 2. The average molecular weight is 333 g/mol. The summed E-state index contributed by atoms with van der Waals surface area (Å²) < 4.78 is 5.44. The summed E-state index contributed by atoms with van der Waals surface area (Å²) in [6, 6.07) is 14.3. The number of carbonyl (C=O) groups is 2. The Morgan fingerprint density at radius 1 is 1.00 bits per heavy atom. The van der Waals surface area contributed by atoms with Crippen LogP contribution in [0.1, 0.15) is 45.3 Å². The van der Waals surface area contributed by atoms with Crippen molar-refractivity contribution in [3.8, 4) is 5.75 Å². The number of hydrogen-bond acceptors (Lipinski definition) is 4. The van der Waals surface area contributed by atoms with Gasteiger partial charge < -0.3 is 4.74 Å². The van der Waals surface area contributed by atoms with Crippen molar-refractivity contribution >= 4 is 22.7 Å². The molecule has 0 fully saturated rings. The highest BCUT2D eigenvalue weighted by molar-refractivity contribution is 5.97. The fourth-order valence-corrected chi connectivity index (χ4v) is 2.67. The zero-order valence-electron chi connectivity index (χ0n) is 14.5. The Morgan fingerprint density at radius 2 is 1.72 bits per heavy atom. The first kappa shape index (κ1) is 16.8. The largest absolute Gasteiger partial charge is 0.423 e. The summed E-state index contributed by atoms with van der Waals surface area (Å²) in [6.07, 6.45) is 0.445. The number of fused-ring (bicyclic) bond motifs is 1. The molecule has 0 radical (unpaired) electrons. The van der Waals surface area contributed by atoms with Crippen LogP contribution in [0, 0.1) is 13.8 Å². The topological polar surface area (TPSA) is 56.3 Å². The van der Waals surface area contributed by atoms with Crippen molar-refractivity contribution in [2.75, 3.05) is 0 Å². The lowest BCUT2D eigenvalue weighted by Gasteiger charge is -2.09. The molecule has 2 aromatic carbocycles. The molecule has 0 N–H and O–H groups in total. The Morgan fingerprint density at radius 3 is 2.40 bits per heavy atom. The summed E-state index contributed by atoms with van der Waals surface area (Å²) in [5.41, 5.74) is 3.63. The van der Waals surface area contributed by atoms with Gasteiger partial charge in [-0.1, -0.05) is 18.6 Å². The van der Waals surface area contributed by atoms with E-state index in [1.54, 1.807) is 31.2 Å². The van der Waals surface area contributed by atoms with E-state index >= 15 is 0 Å². The molecule has 0 unspecified atom stereocenters. The summed E-state index contributed by atoms with van der Waals surface area (Å²) in [5, 5.41) is 0.904. The second-order valence-electron chi connectivity index (χ2n) is 6.01. The van der Waals surface area contributed by atoms with Gasteiger partial charge in [0.15, 0.2) is 5.78 Å². The van der Waals surface area contributed by atoms with E-state index in [0.717, 1.165) is 16.5 Å². The van der Waals surface area contributed by atoms with Gasteiger partial charge in [-0.25, -0.2) is 4.79 Å². The van der Waals surface area contributed by atoms with Crippen molar-refractivity contribution in [1.82, 2.24) is 4.98 Å². The number of benzene rings is 2. The van der Waals surface area contributed by atoms with Crippen LogP contribution in [-0.4, -0.2) is 16.7 Å². The van der Waals surface area contributed by atoms with Crippen LogP contribution >= 0.6 is 0 Å². The second kappa shape index (κ2) is 6.85. The van der Waals surface area contributed by atoms with Crippen LogP contribution in [-0.2, 0) is 0 Å². The van der Waals surface area contributed by atoms with Crippen LogP contribution < -0.4 is 4.74 Å². The predicted molar refractivity (Wildman–Crippen MR) is 97.2 cm³/mol. The number of ether oxygens (including phenoxy) is 1. The quantitative estimate of drug-likeness (QED) is 0.396. The standard InChI is InChI=1S/C21H19NO3/c1-4-20(23)15-6-8-17(9-7-15)25-21(24)18-12-16-11-13(2)5-10-19(16)22-14(18)3/h5-12H,4H2,1-3H3. The molecule has 25 heavy (non-hydrogen) atoms. The lowest BCUT2D eigenvalue weighted by atomic mass is 10.1. The van der Waals surface area contributed by atoms with Crippen molar-refractivity contribution in [1.29, 1.82) is 0 Å². The molecule has 4 nitrogen and oxygen atoms in total. The van der Waals surface area contributed by atoms with E-state index in [2.05, 4.69) is 4.98 Å². The Balaban J connectivity index is 1.86. The van der Waals surface area contributed by atoms with Crippen LogP contribution in [0.4, 0.5) is 0 Å². The van der Waals surface area contributed by atoms with Gasteiger partial charge in [0, 0.05) is 17.4 Å².